The molecule has 2 rings (SSSR count). The number of carboxylic acids is 1. The number of hydrogen-bond donors (Lipinski definition) is 1. The summed E-state index contributed by atoms with van der Waals surface area (Å²) in [5, 5.41) is 15.7. The zero-order valence-electron chi connectivity index (χ0n) is 7.97. The Balaban J connectivity index is 2.46. The van der Waals surface area contributed by atoms with Crippen molar-refractivity contribution in [2.75, 3.05) is 0 Å². The normalized spacial score (nSPS) is 10.2. The Morgan fingerprint density at radius 1 is 1.33 bits per heavy atom. The van der Waals surface area contributed by atoms with Gasteiger partial charge in [0.25, 0.3) is 0 Å². The Hall–Kier alpha value is -2.17. The molecule has 0 fully saturated rings. The molecular weight excluding hydrogens is 196 g/mol. The first-order chi connectivity index (χ1) is 7.18. The van der Waals surface area contributed by atoms with Crippen LogP contribution >= 0.6 is 0 Å². The maximum atomic E-state index is 10.5. The predicted molar refractivity (Wildman–Crippen MR) is 51.4 cm³/mol. The summed E-state index contributed by atoms with van der Waals surface area (Å²) in [5.74, 6) is -1.39. The molecule has 0 aliphatic heterocycles. The fraction of sp³-hybridized carbons (Fsp3) is 0.100. The van der Waals surface area contributed by atoms with Crippen LogP contribution in [0.3, 0.4) is 0 Å². The molecule has 5 heteroatoms. The lowest BCUT2D eigenvalue weighted by atomic mass is 10.1. The molecule has 0 amide bonds. The van der Waals surface area contributed by atoms with Crippen LogP contribution in [0.2, 0.25) is 0 Å². The van der Waals surface area contributed by atoms with E-state index in [1.165, 1.54) is 0 Å². The van der Waals surface area contributed by atoms with Crippen LogP contribution in [0.25, 0.3) is 11.5 Å². The van der Waals surface area contributed by atoms with Crippen molar-refractivity contribution in [3.8, 4) is 11.5 Å². The second kappa shape index (κ2) is 3.53. The van der Waals surface area contributed by atoms with Gasteiger partial charge in [-0.2, -0.15) is 0 Å². The average molecular weight is 204 g/mol. The van der Waals surface area contributed by atoms with Gasteiger partial charge in [0.05, 0.1) is 0 Å². The number of nitrogens with zero attached hydrogens (tertiary/aromatic N) is 2. The molecule has 1 aromatic carbocycles. The first kappa shape index (κ1) is 9.39. The minimum Gasteiger partial charge on any atom is -0.474 e. The van der Waals surface area contributed by atoms with Crippen molar-refractivity contribution in [1.29, 1.82) is 0 Å². The number of rotatable bonds is 2. The first-order valence-corrected chi connectivity index (χ1v) is 4.31. The van der Waals surface area contributed by atoms with Gasteiger partial charge in [-0.25, -0.2) is 4.79 Å². The molecule has 15 heavy (non-hydrogen) atoms. The van der Waals surface area contributed by atoms with Crippen LogP contribution < -0.4 is 0 Å². The topological polar surface area (TPSA) is 76.2 Å². The van der Waals surface area contributed by atoms with Crippen LogP contribution in [0.1, 0.15) is 16.2 Å². The molecule has 0 bridgehead atoms. The van der Waals surface area contributed by atoms with E-state index < -0.39 is 11.9 Å². The maximum absolute atomic E-state index is 10.5. The van der Waals surface area contributed by atoms with E-state index in [0.717, 1.165) is 11.1 Å². The summed E-state index contributed by atoms with van der Waals surface area (Å²) in [4.78, 5) is 10.5. The third-order valence-electron chi connectivity index (χ3n) is 1.98. The molecule has 76 valence electrons. The second-order valence-electron chi connectivity index (χ2n) is 3.03. The van der Waals surface area contributed by atoms with Crippen molar-refractivity contribution in [3.05, 3.63) is 35.7 Å². The van der Waals surface area contributed by atoms with Crippen LogP contribution in [-0.2, 0) is 0 Å². The monoisotopic (exact) mass is 204 g/mol. The smallest absolute Gasteiger partial charge is 0.393 e. The third kappa shape index (κ3) is 1.71. The molecule has 0 atom stereocenters. The largest absolute Gasteiger partial charge is 0.474 e. The van der Waals surface area contributed by atoms with Crippen LogP contribution in [0.4, 0.5) is 0 Å². The molecule has 0 saturated carbocycles. The molecule has 5 nitrogen and oxygen atoms in total. The van der Waals surface area contributed by atoms with Crippen molar-refractivity contribution in [2.45, 2.75) is 6.92 Å². The SMILES string of the molecule is Cc1ccccc1-c1nnc(C(=O)O)o1. The van der Waals surface area contributed by atoms with Gasteiger partial charge in [0.15, 0.2) is 0 Å². The van der Waals surface area contributed by atoms with Crippen LogP contribution in [0.5, 0.6) is 0 Å². The standard InChI is InChI=1S/C10H8N2O3/c1-6-4-2-3-5-7(6)8-11-12-9(15-8)10(13)14/h2-5H,1H3,(H,13,14). The van der Waals surface area contributed by atoms with E-state index in [1.807, 2.05) is 25.1 Å². The van der Waals surface area contributed by atoms with Crippen LogP contribution in [0, 0.1) is 6.92 Å². The Kier molecular flexibility index (Phi) is 2.21. The number of benzene rings is 1. The van der Waals surface area contributed by atoms with Crippen LogP contribution in [-0.4, -0.2) is 21.3 Å². The molecule has 0 radical (unpaired) electrons. The number of carbonyl (C=O) groups is 1. The minimum absolute atomic E-state index is 0.227. The highest BCUT2D eigenvalue weighted by atomic mass is 16.4. The number of aryl methyl sites for hydroxylation is 1. The highest BCUT2D eigenvalue weighted by Crippen LogP contribution is 2.21. The highest BCUT2D eigenvalue weighted by Gasteiger charge is 2.14. The molecule has 1 N–H and O–H groups in total. The van der Waals surface area contributed by atoms with Crippen molar-refractivity contribution in [3.63, 3.8) is 0 Å². The summed E-state index contributed by atoms with van der Waals surface area (Å²) in [6, 6.07) is 7.40. The molecule has 1 heterocycles. The van der Waals surface area contributed by atoms with Crippen LogP contribution in [0.15, 0.2) is 28.7 Å². The van der Waals surface area contributed by atoms with Crippen molar-refractivity contribution < 1.29 is 14.3 Å². The molecule has 0 unspecified atom stereocenters. The number of aromatic nitrogens is 2. The summed E-state index contributed by atoms with van der Waals surface area (Å²) in [6.45, 7) is 1.89. The average Bonchev–Trinajstić information content (AvgIpc) is 2.67. The molecule has 0 aliphatic rings. The molecule has 0 aliphatic carbocycles. The summed E-state index contributed by atoms with van der Waals surface area (Å²) in [7, 11) is 0. The summed E-state index contributed by atoms with van der Waals surface area (Å²) < 4.78 is 4.99. The Morgan fingerprint density at radius 3 is 2.67 bits per heavy atom. The molecular formula is C10H8N2O3. The molecule has 2 aromatic rings. The van der Waals surface area contributed by atoms with Gasteiger partial charge in [-0.15, -0.1) is 10.2 Å². The summed E-state index contributed by atoms with van der Waals surface area (Å²) in [6.07, 6.45) is 0. The van der Waals surface area contributed by atoms with Gasteiger partial charge in [-0.05, 0) is 18.6 Å². The number of carboxylic acid groups (broad SMARTS) is 1. The van der Waals surface area contributed by atoms with E-state index >= 15 is 0 Å². The Labute approximate surface area is 85.4 Å². The summed E-state index contributed by atoms with van der Waals surface area (Å²) >= 11 is 0. The van der Waals surface area contributed by atoms with E-state index in [0.29, 0.717) is 0 Å². The quantitative estimate of drug-likeness (QED) is 0.806. The maximum Gasteiger partial charge on any atom is 0.393 e. The van der Waals surface area contributed by atoms with Crippen molar-refractivity contribution >= 4 is 5.97 Å². The molecule has 0 saturated heterocycles. The summed E-state index contributed by atoms with van der Waals surface area (Å²) in [5.41, 5.74) is 1.70. The minimum atomic E-state index is -1.22. The lowest BCUT2D eigenvalue weighted by Gasteiger charge is -1.97. The lowest BCUT2D eigenvalue weighted by molar-refractivity contribution is 0.0654. The highest BCUT2D eigenvalue weighted by molar-refractivity contribution is 5.82. The third-order valence-corrected chi connectivity index (χ3v) is 1.98. The van der Waals surface area contributed by atoms with E-state index in [-0.39, 0.29) is 5.89 Å². The zero-order valence-corrected chi connectivity index (χ0v) is 7.97. The van der Waals surface area contributed by atoms with E-state index in [2.05, 4.69) is 10.2 Å². The van der Waals surface area contributed by atoms with E-state index in [9.17, 15) is 4.79 Å². The van der Waals surface area contributed by atoms with Gasteiger partial charge in [0.1, 0.15) is 0 Å². The fourth-order valence-electron chi connectivity index (χ4n) is 1.23. The van der Waals surface area contributed by atoms with E-state index in [4.69, 9.17) is 9.52 Å². The van der Waals surface area contributed by atoms with Crippen molar-refractivity contribution in [2.24, 2.45) is 0 Å². The number of hydrogen-bond acceptors (Lipinski definition) is 4. The molecule has 0 spiro atoms. The van der Waals surface area contributed by atoms with Gasteiger partial charge in [-0.3, -0.25) is 0 Å². The first-order valence-electron chi connectivity index (χ1n) is 4.31. The predicted octanol–water partition coefficient (Wildman–Crippen LogP) is 1.74. The molecule has 1 aromatic heterocycles. The van der Waals surface area contributed by atoms with Gasteiger partial charge in [0, 0.05) is 5.56 Å². The van der Waals surface area contributed by atoms with E-state index in [1.54, 1.807) is 6.07 Å². The zero-order chi connectivity index (χ0) is 10.8. The van der Waals surface area contributed by atoms with Gasteiger partial charge >= 0.3 is 11.9 Å². The second-order valence-corrected chi connectivity index (χ2v) is 3.03. The fourth-order valence-corrected chi connectivity index (χ4v) is 1.23. The van der Waals surface area contributed by atoms with Crippen molar-refractivity contribution in [1.82, 2.24) is 10.2 Å². The lowest BCUT2D eigenvalue weighted by Crippen LogP contribution is -1.95. The Bertz CT molecular complexity index is 505. The van der Waals surface area contributed by atoms with Gasteiger partial charge in [-0.1, -0.05) is 18.2 Å². The number of aromatic carboxylic acids is 1. The van der Waals surface area contributed by atoms with Gasteiger partial charge in [0.2, 0.25) is 5.89 Å². The Morgan fingerprint density at radius 2 is 2.07 bits per heavy atom. The van der Waals surface area contributed by atoms with Gasteiger partial charge < -0.3 is 9.52 Å².